The number of carboxylic acids is 1. The summed E-state index contributed by atoms with van der Waals surface area (Å²) in [5, 5.41) is 49.8. The van der Waals surface area contributed by atoms with Crippen molar-refractivity contribution in [2.75, 3.05) is 18.5 Å². The molecule has 2 aromatic heterocycles. The normalized spacial score (nSPS) is 27.5. The third-order valence-electron chi connectivity index (χ3n) is 3.94. The molecule has 6 N–H and O–H groups in total. The van der Waals surface area contributed by atoms with Gasteiger partial charge in [0.15, 0.2) is 23.2 Å². The summed E-state index contributed by atoms with van der Waals surface area (Å²) in [6, 6.07) is -1.28. The van der Waals surface area contributed by atoms with Crippen molar-refractivity contribution in [2.45, 2.75) is 30.6 Å². The van der Waals surface area contributed by atoms with Crippen LogP contribution in [-0.4, -0.2) is 88.6 Å². The van der Waals surface area contributed by atoms with Gasteiger partial charge in [-0.25, -0.2) is 19.7 Å². The molecule has 136 valence electrons. The molecule has 0 aliphatic carbocycles. The summed E-state index contributed by atoms with van der Waals surface area (Å²) in [5.41, 5.74) is 0.411. The first-order valence-electron chi connectivity index (χ1n) is 7.38. The van der Waals surface area contributed by atoms with Crippen LogP contribution in [0.2, 0.25) is 0 Å². The lowest BCUT2D eigenvalue weighted by molar-refractivity contribution is -0.138. The Morgan fingerprint density at radius 3 is 2.64 bits per heavy atom. The van der Waals surface area contributed by atoms with Gasteiger partial charge in [0.05, 0.1) is 19.5 Å². The Labute approximate surface area is 140 Å². The van der Waals surface area contributed by atoms with Gasteiger partial charge in [-0.1, -0.05) is 0 Å². The number of fused-ring (bicyclic) bond motifs is 1. The molecule has 0 saturated carbocycles. The zero-order chi connectivity index (χ0) is 18.1. The second kappa shape index (κ2) is 6.85. The number of aliphatic hydroxyl groups is 4. The number of anilines is 1. The zero-order valence-electron chi connectivity index (χ0n) is 12.8. The maximum absolute atomic E-state index is 11.0. The first-order chi connectivity index (χ1) is 12.0. The Morgan fingerprint density at radius 1 is 1.28 bits per heavy atom. The summed E-state index contributed by atoms with van der Waals surface area (Å²) >= 11 is 0. The average Bonchev–Trinajstić information content (AvgIpc) is 3.15. The number of aliphatic carboxylic acids is 1. The van der Waals surface area contributed by atoms with Gasteiger partial charge in [0, 0.05) is 0 Å². The van der Waals surface area contributed by atoms with E-state index in [9.17, 15) is 15.0 Å². The minimum atomic E-state index is -1.31. The van der Waals surface area contributed by atoms with E-state index in [1.54, 1.807) is 0 Å². The lowest BCUT2D eigenvalue weighted by Gasteiger charge is -2.17. The molecule has 3 rings (SSSR count). The molecule has 5 atom stereocenters. The molecular weight excluding hydrogens is 338 g/mol. The van der Waals surface area contributed by atoms with Gasteiger partial charge in [0.2, 0.25) is 0 Å². The van der Waals surface area contributed by atoms with Gasteiger partial charge in [-0.15, -0.1) is 0 Å². The van der Waals surface area contributed by atoms with Gasteiger partial charge in [-0.2, -0.15) is 0 Å². The van der Waals surface area contributed by atoms with E-state index in [2.05, 4.69) is 20.3 Å². The lowest BCUT2D eigenvalue weighted by Crippen LogP contribution is -2.33. The lowest BCUT2D eigenvalue weighted by atomic mass is 10.1. The van der Waals surface area contributed by atoms with Gasteiger partial charge in [0.1, 0.15) is 30.7 Å². The van der Waals surface area contributed by atoms with E-state index in [-0.39, 0.29) is 17.0 Å². The van der Waals surface area contributed by atoms with Gasteiger partial charge in [0.25, 0.3) is 0 Å². The van der Waals surface area contributed by atoms with E-state index in [0.29, 0.717) is 0 Å². The van der Waals surface area contributed by atoms with E-state index in [1.807, 2.05) is 0 Å². The average molecular weight is 355 g/mol. The maximum atomic E-state index is 11.0. The molecule has 1 aliphatic rings. The summed E-state index contributed by atoms with van der Waals surface area (Å²) in [4.78, 5) is 23.1. The summed E-state index contributed by atoms with van der Waals surface area (Å²) in [6.07, 6.45) is -2.14. The molecule has 0 radical (unpaired) electrons. The second-order valence-corrected chi connectivity index (χ2v) is 5.49. The fourth-order valence-electron chi connectivity index (χ4n) is 2.60. The highest BCUT2D eigenvalue weighted by atomic mass is 16.6. The van der Waals surface area contributed by atoms with Crippen LogP contribution in [0.4, 0.5) is 5.82 Å². The standard InChI is InChI=1S/C13H17N5O7/c19-1-5(13(23)24)17-10-7-11(15-3-14-10)18(4-16-7)12-9(22)8(21)6(2-20)25-12/h3-6,8-9,12,19-22H,1-2H2,(H,23,24)(H,14,15,17)/t5-,6-,8?,9?,12-/m1/s1. The number of nitrogens with one attached hydrogen (secondary N) is 1. The molecule has 3 heterocycles. The minimum absolute atomic E-state index is 0.0805. The number of aromatic nitrogens is 4. The van der Waals surface area contributed by atoms with Gasteiger partial charge in [-0.3, -0.25) is 4.57 Å². The van der Waals surface area contributed by atoms with Crippen molar-refractivity contribution in [1.29, 1.82) is 0 Å². The Hall–Kier alpha value is -2.38. The molecule has 0 amide bonds. The molecule has 12 heteroatoms. The SMILES string of the molecule is O=C(O)[C@@H](CO)Nc1ncnc2c1ncn2[C@@H]1O[C@H](CO)C(O)C1O. The Balaban J connectivity index is 1.95. The number of carbonyl (C=O) groups is 1. The van der Waals surface area contributed by atoms with Crippen LogP contribution in [0.3, 0.4) is 0 Å². The van der Waals surface area contributed by atoms with Crippen molar-refractivity contribution < 1.29 is 35.1 Å². The fraction of sp³-hybridized carbons (Fsp3) is 0.538. The number of hydrogen-bond donors (Lipinski definition) is 6. The maximum Gasteiger partial charge on any atom is 0.328 e. The topological polar surface area (TPSA) is 183 Å². The van der Waals surface area contributed by atoms with Crippen molar-refractivity contribution in [3.8, 4) is 0 Å². The van der Waals surface area contributed by atoms with Crippen LogP contribution in [0.5, 0.6) is 0 Å². The molecule has 1 saturated heterocycles. The quantitative estimate of drug-likeness (QED) is 0.317. The fourth-order valence-corrected chi connectivity index (χ4v) is 2.60. The van der Waals surface area contributed by atoms with E-state index in [0.717, 1.165) is 6.33 Å². The molecule has 1 fully saturated rings. The van der Waals surface area contributed by atoms with Crippen molar-refractivity contribution in [1.82, 2.24) is 19.5 Å². The summed E-state index contributed by atoms with van der Waals surface area (Å²) in [6.45, 7) is -1.13. The predicted octanol–water partition coefficient (Wildman–Crippen LogP) is -2.70. The monoisotopic (exact) mass is 355 g/mol. The van der Waals surface area contributed by atoms with Crippen LogP contribution >= 0.6 is 0 Å². The first-order valence-corrected chi connectivity index (χ1v) is 7.38. The summed E-state index contributed by atoms with van der Waals surface area (Å²) in [7, 11) is 0. The van der Waals surface area contributed by atoms with Crippen LogP contribution in [0, 0.1) is 0 Å². The third-order valence-corrected chi connectivity index (χ3v) is 3.94. The van der Waals surface area contributed by atoms with Crippen molar-refractivity contribution in [2.24, 2.45) is 0 Å². The van der Waals surface area contributed by atoms with Crippen LogP contribution in [0.25, 0.3) is 11.2 Å². The number of nitrogens with zero attached hydrogens (tertiary/aromatic N) is 4. The largest absolute Gasteiger partial charge is 0.480 e. The number of hydrogen-bond acceptors (Lipinski definition) is 10. The highest BCUT2D eigenvalue weighted by molar-refractivity contribution is 5.86. The molecule has 1 aliphatic heterocycles. The highest BCUT2D eigenvalue weighted by Gasteiger charge is 2.44. The third kappa shape index (κ3) is 3.01. The van der Waals surface area contributed by atoms with Crippen molar-refractivity contribution in [3.05, 3.63) is 12.7 Å². The van der Waals surface area contributed by atoms with E-state index >= 15 is 0 Å². The van der Waals surface area contributed by atoms with E-state index in [4.69, 9.17) is 20.1 Å². The van der Waals surface area contributed by atoms with Gasteiger partial charge >= 0.3 is 5.97 Å². The molecule has 2 unspecified atom stereocenters. The summed E-state index contributed by atoms with van der Waals surface area (Å²) < 4.78 is 6.77. The highest BCUT2D eigenvalue weighted by Crippen LogP contribution is 2.32. The van der Waals surface area contributed by atoms with Crippen molar-refractivity contribution >= 4 is 23.0 Å². The van der Waals surface area contributed by atoms with Crippen molar-refractivity contribution in [3.63, 3.8) is 0 Å². The van der Waals surface area contributed by atoms with Crippen LogP contribution in [-0.2, 0) is 9.53 Å². The molecule has 12 nitrogen and oxygen atoms in total. The minimum Gasteiger partial charge on any atom is -0.480 e. The smallest absolute Gasteiger partial charge is 0.328 e. The number of ether oxygens (including phenoxy) is 1. The van der Waals surface area contributed by atoms with Crippen LogP contribution < -0.4 is 5.32 Å². The van der Waals surface area contributed by atoms with E-state index < -0.39 is 49.8 Å². The Kier molecular flexibility index (Phi) is 4.78. The molecule has 25 heavy (non-hydrogen) atoms. The first kappa shape index (κ1) is 17.4. The van der Waals surface area contributed by atoms with Gasteiger partial charge in [-0.05, 0) is 0 Å². The van der Waals surface area contributed by atoms with Gasteiger partial charge < -0.3 is 35.6 Å². The molecular formula is C13H17N5O7. The molecule has 2 aromatic rings. The molecule has 0 spiro atoms. The van der Waals surface area contributed by atoms with Crippen LogP contribution in [0.15, 0.2) is 12.7 Å². The number of imidazole rings is 1. The predicted molar refractivity (Wildman–Crippen MR) is 80.5 cm³/mol. The zero-order valence-corrected chi connectivity index (χ0v) is 12.8. The Bertz CT molecular complexity index is 768. The van der Waals surface area contributed by atoms with E-state index in [1.165, 1.54) is 10.9 Å². The number of carboxylic acid groups (broad SMARTS) is 1. The second-order valence-electron chi connectivity index (χ2n) is 5.49. The summed E-state index contributed by atoms with van der Waals surface area (Å²) in [5.74, 6) is -1.19. The molecule has 0 bridgehead atoms. The number of rotatable bonds is 6. The molecule has 0 aromatic carbocycles. The van der Waals surface area contributed by atoms with Crippen LogP contribution in [0.1, 0.15) is 6.23 Å². The number of aliphatic hydroxyl groups excluding tert-OH is 4. The Morgan fingerprint density at radius 2 is 2.04 bits per heavy atom.